The van der Waals surface area contributed by atoms with E-state index in [-0.39, 0.29) is 29.7 Å². The van der Waals surface area contributed by atoms with E-state index in [4.69, 9.17) is 0 Å². The van der Waals surface area contributed by atoms with Crippen LogP contribution >= 0.6 is 0 Å². The van der Waals surface area contributed by atoms with Crippen molar-refractivity contribution in [3.05, 3.63) is 47.6 Å². The number of nitrogens with one attached hydrogen (secondary N) is 3. The number of Topliss-reactive ketones (excluding diaryl/α,β-unsaturated/α-hetero) is 1. The Morgan fingerprint density at radius 2 is 1.51 bits per heavy atom. The zero-order valence-electron chi connectivity index (χ0n) is 21.6. The van der Waals surface area contributed by atoms with Crippen LogP contribution < -0.4 is 16.0 Å². The molecule has 0 bridgehead atoms. The van der Waals surface area contributed by atoms with Crippen LogP contribution in [-0.4, -0.2) is 78.7 Å². The number of nitrogens with zero attached hydrogens (tertiary/aromatic N) is 2. The number of likely N-dealkylation sites (tertiary alicyclic amines) is 2. The fourth-order valence-electron chi connectivity index (χ4n) is 5.75. The Kier molecular flexibility index (Phi) is 8.36. The van der Waals surface area contributed by atoms with Crippen molar-refractivity contribution >= 4 is 29.0 Å². The molecule has 3 N–H and O–H groups in total. The molecular formula is C29H39N5O3. The van der Waals surface area contributed by atoms with Crippen LogP contribution in [0, 0.1) is 0 Å². The fourth-order valence-corrected chi connectivity index (χ4v) is 5.75. The molecule has 198 valence electrons. The van der Waals surface area contributed by atoms with Gasteiger partial charge in [0.15, 0.2) is 5.78 Å². The summed E-state index contributed by atoms with van der Waals surface area (Å²) in [5.41, 5.74) is 2.56. The number of rotatable bonds is 8. The average molecular weight is 506 g/mol. The van der Waals surface area contributed by atoms with Crippen LogP contribution in [0.5, 0.6) is 0 Å². The molecule has 0 spiro atoms. The van der Waals surface area contributed by atoms with Gasteiger partial charge >= 0.3 is 0 Å². The second-order valence-electron chi connectivity index (χ2n) is 10.7. The van der Waals surface area contributed by atoms with E-state index in [0.717, 1.165) is 45.0 Å². The Bertz CT molecular complexity index is 1070. The highest BCUT2D eigenvalue weighted by atomic mass is 16.2. The minimum atomic E-state index is -0.301. The maximum atomic E-state index is 13.4. The largest absolute Gasteiger partial charge is 0.374 e. The quantitative estimate of drug-likeness (QED) is 0.470. The van der Waals surface area contributed by atoms with Crippen molar-refractivity contribution in [1.82, 2.24) is 15.1 Å². The molecule has 1 aliphatic carbocycles. The second kappa shape index (κ2) is 12.0. The maximum Gasteiger partial charge on any atom is 0.225 e. The van der Waals surface area contributed by atoms with Crippen LogP contribution in [0.4, 0.5) is 11.4 Å². The SMILES string of the molecule is O=C(CCN1CCCCC1)Nc1ccc2c(c1)C(=O)C1=CC(NC(=O)CCN3CCCCC3)C=CC1N2. The van der Waals surface area contributed by atoms with Gasteiger partial charge in [0.25, 0.3) is 0 Å². The molecule has 0 radical (unpaired) electrons. The van der Waals surface area contributed by atoms with Crippen molar-refractivity contribution in [2.24, 2.45) is 0 Å². The zero-order valence-corrected chi connectivity index (χ0v) is 21.6. The van der Waals surface area contributed by atoms with Crippen molar-refractivity contribution in [2.45, 2.75) is 63.5 Å². The van der Waals surface area contributed by atoms with Crippen LogP contribution in [-0.2, 0) is 9.59 Å². The first kappa shape index (κ1) is 25.7. The lowest BCUT2D eigenvalue weighted by Crippen LogP contribution is -2.40. The van der Waals surface area contributed by atoms with Gasteiger partial charge in [-0.1, -0.05) is 25.0 Å². The molecule has 3 heterocycles. The third-order valence-corrected chi connectivity index (χ3v) is 7.86. The molecule has 2 fully saturated rings. The van der Waals surface area contributed by atoms with E-state index in [9.17, 15) is 14.4 Å². The van der Waals surface area contributed by atoms with Gasteiger partial charge in [-0.2, -0.15) is 0 Å². The average Bonchev–Trinajstić information content (AvgIpc) is 2.93. The lowest BCUT2D eigenvalue weighted by molar-refractivity contribution is -0.121. The highest BCUT2D eigenvalue weighted by Crippen LogP contribution is 2.32. The Morgan fingerprint density at radius 1 is 0.865 bits per heavy atom. The van der Waals surface area contributed by atoms with Gasteiger partial charge in [0.2, 0.25) is 11.8 Å². The standard InChI is InChI=1S/C29H39N5O3/c35-27(11-17-33-13-3-1-4-14-33)30-21-7-9-25-23(19-21)29(37)24-20-22(8-10-26(24)32-25)31-28(36)12-18-34-15-5-2-6-16-34/h7-10,19-21,25,32H,1-6,11-18H2,(H,30,35)(H,31,36). The van der Waals surface area contributed by atoms with Gasteiger partial charge in [0.1, 0.15) is 0 Å². The van der Waals surface area contributed by atoms with E-state index in [1.165, 1.54) is 38.5 Å². The predicted octanol–water partition coefficient (Wildman–Crippen LogP) is 3.33. The Hall–Kier alpha value is -2.97. The molecule has 1 aromatic carbocycles. The topological polar surface area (TPSA) is 93.8 Å². The number of anilines is 2. The molecule has 8 heteroatoms. The zero-order chi connectivity index (χ0) is 25.6. The molecule has 2 unspecified atom stereocenters. The molecule has 2 amide bonds. The molecular weight excluding hydrogens is 466 g/mol. The van der Waals surface area contributed by atoms with E-state index in [2.05, 4.69) is 25.8 Å². The highest BCUT2D eigenvalue weighted by Gasteiger charge is 2.31. The normalized spacial score (nSPS) is 23.9. The van der Waals surface area contributed by atoms with Crippen LogP contribution in [0.3, 0.4) is 0 Å². The molecule has 0 aromatic heterocycles. The first-order chi connectivity index (χ1) is 18.0. The third kappa shape index (κ3) is 6.67. The summed E-state index contributed by atoms with van der Waals surface area (Å²) >= 11 is 0. The number of benzene rings is 1. The fraction of sp³-hybridized carbons (Fsp3) is 0.552. The van der Waals surface area contributed by atoms with Crippen molar-refractivity contribution in [2.75, 3.05) is 49.9 Å². The number of fused-ring (bicyclic) bond motifs is 2. The first-order valence-electron chi connectivity index (χ1n) is 13.9. The van der Waals surface area contributed by atoms with Crippen molar-refractivity contribution in [3.63, 3.8) is 0 Å². The summed E-state index contributed by atoms with van der Waals surface area (Å²) in [5.74, 6) is -0.103. The molecule has 2 atom stereocenters. The summed E-state index contributed by atoms with van der Waals surface area (Å²) in [6.45, 7) is 5.82. The lowest BCUT2D eigenvalue weighted by Gasteiger charge is -2.31. The van der Waals surface area contributed by atoms with Crippen LogP contribution in [0.2, 0.25) is 0 Å². The lowest BCUT2D eigenvalue weighted by atomic mass is 9.86. The monoisotopic (exact) mass is 505 g/mol. The van der Waals surface area contributed by atoms with Gasteiger partial charge in [-0.15, -0.1) is 0 Å². The van der Waals surface area contributed by atoms with Gasteiger partial charge in [-0.3, -0.25) is 14.4 Å². The Balaban J connectivity index is 1.17. The predicted molar refractivity (Wildman–Crippen MR) is 146 cm³/mol. The summed E-state index contributed by atoms with van der Waals surface area (Å²) in [6.07, 6.45) is 14.0. The Labute approximate surface area is 219 Å². The number of carbonyl (C=O) groups excluding carboxylic acids is 3. The summed E-state index contributed by atoms with van der Waals surface area (Å²) in [6, 6.07) is 4.93. The molecule has 1 aromatic rings. The van der Waals surface area contributed by atoms with Gasteiger partial charge in [0, 0.05) is 48.4 Å². The van der Waals surface area contributed by atoms with Crippen molar-refractivity contribution in [3.8, 4) is 0 Å². The van der Waals surface area contributed by atoms with Crippen LogP contribution in [0.25, 0.3) is 0 Å². The molecule has 37 heavy (non-hydrogen) atoms. The van der Waals surface area contributed by atoms with E-state index >= 15 is 0 Å². The second-order valence-corrected chi connectivity index (χ2v) is 10.7. The summed E-state index contributed by atoms with van der Waals surface area (Å²) in [5, 5.41) is 9.41. The van der Waals surface area contributed by atoms with E-state index in [1.807, 2.05) is 30.4 Å². The first-order valence-corrected chi connectivity index (χ1v) is 13.9. The van der Waals surface area contributed by atoms with Crippen molar-refractivity contribution < 1.29 is 14.4 Å². The number of carbonyl (C=O) groups is 3. The number of amides is 2. The minimum Gasteiger partial charge on any atom is -0.374 e. The van der Waals surface area contributed by atoms with E-state index < -0.39 is 0 Å². The highest BCUT2D eigenvalue weighted by molar-refractivity contribution is 6.16. The van der Waals surface area contributed by atoms with Gasteiger partial charge in [0.05, 0.1) is 12.1 Å². The number of hydrogen-bond acceptors (Lipinski definition) is 6. The molecule has 2 saturated heterocycles. The van der Waals surface area contributed by atoms with Gasteiger partial charge < -0.3 is 25.8 Å². The molecule has 4 aliphatic rings. The maximum absolute atomic E-state index is 13.4. The summed E-state index contributed by atoms with van der Waals surface area (Å²) in [7, 11) is 0. The van der Waals surface area contributed by atoms with E-state index in [1.54, 1.807) is 6.07 Å². The van der Waals surface area contributed by atoms with Gasteiger partial charge in [-0.05, 0) is 76.1 Å². The molecule has 8 nitrogen and oxygen atoms in total. The third-order valence-electron chi connectivity index (χ3n) is 7.86. The number of hydrogen-bond donors (Lipinski definition) is 3. The molecule has 3 aliphatic heterocycles. The van der Waals surface area contributed by atoms with E-state index in [0.29, 0.717) is 29.7 Å². The van der Waals surface area contributed by atoms with Crippen molar-refractivity contribution in [1.29, 1.82) is 0 Å². The Morgan fingerprint density at radius 3 is 2.19 bits per heavy atom. The van der Waals surface area contributed by atoms with Crippen LogP contribution in [0.15, 0.2) is 42.0 Å². The summed E-state index contributed by atoms with van der Waals surface area (Å²) in [4.78, 5) is 43.2. The number of ketones is 1. The molecule has 5 rings (SSSR count). The smallest absolute Gasteiger partial charge is 0.225 e. The van der Waals surface area contributed by atoms with Crippen LogP contribution in [0.1, 0.15) is 61.7 Å². The van der Waals surface area contributed by atoms with Gasteiger partial charge in [-0.25, -0.2) is 0 Å². The minimum absolute atomic E-state index is 0.00157. The molecule has 0 saturated carbocycles. The summed E-state index contributed by atoms with van der Waals surface area (Å²) < 4.78 is 0. The number of piperidine rings is 2.